The molecule has 0 saturated heterocycles. The molecule has 0 bridgehead atoms. The maximum Gasteiger partial charge on any atom is 0.260 e. The molecule has 0 aromatic heterocycles. The van der Waals surface area contributed by atoms with Crippen LogP contribution in [0.1, 0.15) is 19.4 Å². The molecule has 19 heavy (non-hydrogen) atoms. The molecule has 0 heterocycles. The maximum atomic E-state index is 11.5. The average Bonchev–Trinajstić information content (AvgIpc) is 2.41. The molecule has 5 nitrogen and oxygen atoms in total. The molecule has 1 aromatic rings. The lowest BCUT2D eigenvalue weighted by Gasteiger charge is -2.17. The normalized spacial score (nSPS) is 11.8. The van der Waals surface area contributed by atoms with Gasteiger partial charge in [-0.1, -0.05) is 6.07 Å². The fraction of sp³-hybridized carbons (Fsp3) is 0.500. The predicted molar refractivity (Wildman–Crippen MR) is 74.5 cm³/mol. The van der Waals surface area contributed by atoms with Gasteiger partial charge in [-0.25, -0.2) is 0 Å². The van der Waals surface area contributed by atoms with Crippen LogP contribution in [0.3, 0.4) is 0 Å². The van der Waals surface area contributed by atoms with Crippen molar-refractivity contribution in [3.8, 4) is 11.5 Å². The van der Waals surface area contributed by atoms with Crippen molar-refractivity contribution in [2.75, 3.05) is 20.7 Å². The van der Waals surface area contributed by atoms with Crippen LogP contribution in [-0.4, -0.2) is 32.7 Å². The standard InChI is InChI=1S/C14H22N2O3/c1-5-18-13-8-11(9-15-3)6-7-12(13)19-10(2)14(17)16-4/h6-8,10,15H,5,9H2,1-4H3,(H,16,17)/t10-/m0/s1. The third-order valence-corrected chi connectivity index (χ3v) is 2.61. The van der Waals surface area contributed by atoms with Gasteiger partial charge in [-0.15, -0.1) is 0 Å². The molecule has 0 aliphatic heterocycles. The highest BCUT2D eigenvalue weighted by Crippen LogP contribution is 2.29. The molecule has 0 spiro atoms. The van der Waals surface area contributed by atoms with Gasteiger partial charge in [-0.05, 0) is 38.6 Å². The monoisotopic (exact) mass is 266 g/mol. The van der Waals surface area contributed by atoms with E-state index in [9.17, 15) is 4.79 Å². The molecule has 0 aliphatic carbocycles. The second-order valence-corrected chi connectivity index (χ2v) is 4.12. The van der Waals surface area contributed by atoms with Crippen molar-refractivity contribution in [2.24, 2.45) is 0 Å². The number of rotatable bonds is 7. The molecular formula is C14H22N2O3. The minimum absolute atomic E-state index is 0.165. The number of likely N-dealkylation sites (N-methyl/N-ethyl adjacent to an activating group) is 1. The van der Waals surface area contributed by atoms with Gasteiger partial charge in [0.25, 0.3) is 5.91 Å². The topological polar surface area (TPSA) is 59.6 Å². The van der Waals surface area contributed by atoms with E-state index in [-0.39, 0.29) is 5.91 Å². The molecule has 1 atom stereocenters. The quantitative estimate of drug-likeness (QED) is 0.781. The van der Waals surface area contributed by atoms with Crippen LogP contribution >= 0.6 is 0 Å². The largest absolute Gasteiger partial charge is 0.490 e. The van der Waals surface area contributed by atoms with Gasteiger partial charge >= 0.3 is 0 Å². The fourth-order valence-electron chi connectivity index (χ4n) is 1.68. The smallest absolute Gasteiger partial charge is 0.260 e. The second kappa shape index (κ2) is 7.63. The van der Waals surface area contributed by atoms with Crippen LogP contribution in [0, 0.1) is 0 Å². The third kappa shape index (κ3) is 4.44. The van der Waals surface area contributed by atoms with Crippen molar-refractivity contribution < 1.29 is 14.3 Å². The number of hydrogen-bond acceptors (Lipinski definition) is 4. The molecule has 0 aliphatic rings. The molecule has 1 aromatic carbocycles. The van der Waals surface area contributed by atoms with Gasteiger partial charge in [0.1, 0.15) is 0 Å². The van der Waals surface area contributed by atoms with E-state index >= 15 is 0 Å². The van der Waals surface area contributed by atoms with Gasteiger partial charge in [0.15, 0.2) is 17.6 Å². The van der Waals surface area contributed by atoms with E-state index in [4.69, 9.17) is 9.47 Å². The minimum Gasteiger partial charge on any atom is -0.490 e. The molecule has 0 radical (unpaired) electrons. The summed E-state index contributed by atoms with van der Waals surface area (Å²) in [6.45, 7) is 4.92. The zero-order valence-electron chi connectivity index (χ0n) is 11.9. The van der Waals surface area contributed by atoms with Crippen LogP contribution < -0.4 is 20.1 Å². The number of hydrogen-bond donors (Lipinski definition) is 2. The van der Waals surface area contributed by atoms with E-state index in [1.165, 1.54) is 0 Å². The molecule has 106 valence electrons. The maximum absolute atomic E-state index is 11.5. The molecule has 0 saturated carbocycles. The van der Waals surface area contributed by atoms with Crippen molar-refractivity contribution in [2.45, 2.75) is 26.5 Å². The first-order chi connectivity index (χ1) is 9.12. The van der Waals surface area contributed by atoms with Crippen LogP contribution in [0.2, 0.25) is 0 Å². The highest BCUT2D eigenvalue weighted by molar-refractivity contribution is 5.80. The third-order valence-electron chi connectivity index (χ3n) is 2.61. The van der Waals surface area contributed by atoms with Crippen LogP contribution in [0.25, 0.3) is 0 Å². The van der Waals surface area contributed by atoms with E-state index in [1.54, 1.807) is 14.0 Å². The van der Waals surface area contributed by atoms with Crippen molar-refractivity contribution in [1.29, 1.82) is 0 Å². The summed E-state index contributed by atoms with van der Waals surface area (Å²) in [6, 6.07) is 5.70. The molecule has 0 fully saturated rings. The molecule has 5 heteroatoms. The van der Waals surface area contributed by atoms with Crippen LogP contribution in [0.4, 0.5) is 0 Å². The summed E-state index contributed by atoms with van der Waals surface area (Å²) in [7, 11) is 3.47. The summed E-state index contributed by atoms with van der Waals surface area (Å²) in [5, 5.41) is 5.63. The lowest BCUT2D eigenvalue weighted by molar-refractivity contribution is -0.126. The summed E-state index contributed by atoms with van der Waals surface area (Å²) in [4.78, 5) is 11.5. The number of amides is 1. The number of ether oxygens (including phenoxy) is 2. The van der Waals surface area contributed by atoms with Gasteiger partial charge in [0.2, 0.25) is 0 Å². The Morgan fingerprint density at radius 3 is 2.63 bits per heavy atom. The average molecular weight is 266 g/mol. The van der Waals surface area contributed by atoms with Gasteiger partial charge in [-0.3, -0.25) is 4.79 Å². The van der Waals surface area contributed by atoms with Gasteiger partial charge in [0.05, 0.1) is 6.61 Å². The van der Waals surface area contributed by atoms with Crippen molar-refractivity contribution in [3.05, 3.63) is 23.8 Å². The van der Waals surface area contributed by atoms with Crippen LogP contribution in [0.5, 0.6) is 11.5 Å². The Labute approximate surface area is 114 Å². The minimum atomic E-state index is -0.556. The van der Waals surface area contributed by atoms with E-state index in [0.29, 0.717) is 18.1 Å². The molecule has 2 N–H and O–H groups in total. The van der Waals surface area contributed by atoms with Gasteiger partial charge < -0.3 is 20.1 Å². The summed E-state index contributed by atoms with van der Waals surface area (Å²) in [6.07, 6.45) is -0.556. The fourth-order valence-corrected chi connectivity index (χ4v) is 1.68. The number of benzene rings is 1. The molecule has 1 amide bonds. The van der Waals surface area contributed by atoms with Gasteiger partial charge in [0, 0.05) is 13.6 Å². The van der Waals surface area contributed by atoms with Crippen LogP contribution in [0.15, 0.2) is 18.2 Å². The molecule has 0 unspecified atom stereocenters. The predicted octanol–water partition coefficient (Wildman–Crippen LogP) is 1.32. The Hall–Kier alpha value is -1.75. The second-order valence-electron chi connectivity index (χ2n) is 4.12. The molecular weight excluding hydrogens is 244 g/mol. The highest BCUT2D eigenvalue weighted by Gasteiger charge is 2.15. The van der Waals surface area contributed by atoms with Crippen molar-refractivity contribution in [1.82, 2.24) is 10.6 Å². The van der Waals surface area contributed by atoms with E-state index in [2.05, 4.69) is 10.6 Å². The summed E-state index contributed by atoms with van der Waals surface area (Å²) in [5.41, 5.74) is 1.10. The Balaban J connectivity index is 2.89. The first-order valence-corrected chi connectivity index (χ1v) is 6.41. The lowest BCUT2D eigenvalue weighted by atomic mass is 10.2. The van der Waals surface area contributed by atoms with Crippen molar-refractivity contribution >= 4 is 5.91 Å². The van der Waals surface area contributed by atoms with E-state index in [1.807, 2.05) is 32.2 Å². The Kier molecular flexibility index (Phi) is 6.15. The van der Waals surface area contributed by atoms with E-state index in [0.717, 1.165) is 12.1 Å². The summed E-state index contributed by atoms with van der Waals surface area (Å²) < 4.78 is 11.2. The number of carbonyl (C=O) groups excluding carboxylic acids is 1. The molecule has 1 rings (SSSR count). The Morgan fingerprint density at radius 1 is 1.32 bits per heavy atom. The van der Waals surface area contributed by atoms with E-state index < -0.39 is 6.10 Å². The lowest BCUT2D eigenvalue weighted by Crippen LogP contribution is -2.33. The number of carbonyl (C=O) groups is 1. The zero-order valence-corrected chi connectivity index (χ0v) is 11.9. The van der Waals surface area contributed by atoms with Crippen LogP contribution in [-0.2, 0) is 11.3 Å². The number of nitrogens with one attached hydrogen (secondary N) is 2. The summed E-state index contributed by atoms with van der Waals surface area (Å²) >= 11 is 0. The highest BCUT2D eigenvalue weighted by atomic mass is 16.5. The SMILES string of the molecule is CCOc1cc(CNC)ccc1O[C@@H](C)C(=O)NC. The van der Waals surface area contributed by atoms with Crippen molar-refractivity contribution in [3.63, 3.8) is 0 Å². The Morgan fingerprint density at radius 2 is 2.05 bits per heavy atom. The summed E-state index contributed by atoms with van der Waals surface area (Å²) in [5.74, 6) is 1.07. The first-order valence-electron chi connectivity index (χ1n) is 6.41. The zero-order chi connectivity index (χ0) is 14.3. The first kappa shape index (κ1) is 15.3. The van der Waals surface area contributed by atoms with Gasteiger partial charge in [-0.2, -0.15) is 0 Å². The Bertz CT molecular complexity index is 421.